The van der Waals surface area contributed by atoms with Gasteiger partial charge in [-0.15, -0.1) is 0 Å². The lowest BCUT2D eigenvalue weighted by molar-refractivity contribution is -0.126. The van der Waals surface area contributed by atoms with Crippen molar-refractivity contribution in [2.75, 3.05) is 16.8 Å². The van der Waals surface area contributed by atoms with Crippen molar-refractivity contribution in [2.45, 2.75) is 33.2 Å². The molecule has 1 unspecified atom stereocenters. The molecule has 1 aliphatic rings. The van der Waals surface area contributed by atoms with Gasteiger partial charge in [-0.1, -0.05) is 32.0 Å². The van der Waals surface area contributed by atoms with Gasteiger partial charge in [-0.25, -0.2) is 4.79 Å². The van der Waals surface area contributed by atoms with Crippen molar-refractivity contribution in [2.24, 2.45) is 5.92 Å². The Balaban J connectivity index is 1.67. The minimum Gasteiger partial charge on any atom is -0.326 e. The second kappa shape index (κ2) is 8.90. The first-order chi connectivity index (χ1) is 14.3. The van der Waals surface area contributed by atoms with Crippen LogP contribution in [-0.2, 0) is 9.59 Å². The number of amides is 4. The van der Waals surface area contributed by atoms with Crippen LogP contribution >= 0.6 is 0 Å². The van der Waals surface area contributed by atoms with Gasteiger partial charge in [0.1, 0.15) is 6.04 Å². The van der Waals surface area contributed by atoms with Crippen LogP contribution in [0.4, 0.5) is 16.2 Å². The lowest BCUT2D eigenvalue weighted by Gasteiger charge is -2.19. The van der Waals surface area contributed by atoms with E-state index in [9.17, 15) is 19.2 Å². The molecule has 0 spiro atoms. The third-order valence-electron chi connectivity index (χ3n) is 4.87. The molecule has 0 aromatic heterocycles. The van der Waals surface area contributed by atoms with E-state index >= 15 is 0 Å². The number of rotatable bonds is 7. The summed E-state index contributed by atoms with van der Waals surface area (Å²) in [6.07, 6.45) is 0.413. The van der Waals surface area contributed by atoms with Crippen LogP contribution in [0.2, 0.25) is 0 Å². The van der Waals surface area contributed by atoms with Crippen molar-refractivity contribution in [3.8, 4) is 0 Å². The zero-order valence-corrected chi connectivity index (χ0v) is 17.3. The van der Waals surface area contributed by atoms with E-state index in [2.05, 4.69) is 5.32 Å². The number of imide groups is 1. The second-order valence-corrected chi connectivity index (χ2v) is 7.74. The molecular weight excluding hydrogens is 382 g/mol. The first kappa shape index (κ1) is 21.2. The molecule has 156 valence electrons. The lowest BCUT2D eigenvalue weighted by Crippen LogP contribution is -2.37. The number of urea groups is 1. The fourth-order valence-corrected chi connectivity index (χ4v) is 3.35. The fourth-order valence-electron chi connectivity index (χ4n) is 3.35. The highest BCUT2D eigenvalue weighted by molar-refractivity contribution is 6.16. The third-order valence-corrected chi connectivity index (χ3v) is 4.87. The van der Waals surface area contributed by atoms with Crippen LogP contribution in [0.3, 0.4) is 0 Å². The van der Waals surface area contributed by atoms with Gasteiger partial charge < -0.3 is 5.32 Å². The Morgan fingerprint density at radius 2 is 1.63 bits per heavy atom. The summed E-state index contributed by atoms with van der Waals surface area (Å²) >= 11 is 0. The first-order valence-corrected chi connectivity index (χ1v) is 9.90. The zero-order valence-electron chi connectivity index (χ0n) is 17.3. The molecule has 0 aliphatic carbocycles. The van der Waals surface area contributed by atoms with Gasteiger partial charge >= 0.3 is 6.03 Å². The predicted octanol–water partition coefficient (Wildman–Crippen LogP) is 3.71. The number of ketones is 1. The molecule has 1 heterocycles. The van der Waals surface area contributed by atoms with Gasteiger partial charge in [0.05, 0.1) is 6.54 Å². The van der Waals surface area contributed by atoms with Crippen LogP contribution < -0.4 is 10.2 Å². The number of hydrogen-bond donors (Lipinski definition) is 1. The highest BCUT2D eigenvalue weighted by Gasteiger charge is 2.43. The topological polar surface area (TPSA) is 86.8 Å². The molecule has 0 radical (unpaired) electrons. The van der Waals surface area contributed by atoms with Gasteiger partial charge in [0.15, 0.2) is 5.78 Å². The summed E-state index contributed by atoms with van der Waals surface area (Å²) in [4.78, 5) is 52.3. The molecular formula is C23H25N3O4. The molecule has 30 heavy (non-hydrogen) atoms. The van der Waals surface area contributed by atoms with Crippen LogP contribution in [0, 0.1) is 5.92 Å². The smallest absolute Gasteiger partial charge is 0.326 e. The molecule has 0 saturated carbocycles. The van der Waals surface area contributed by atoms with E-state index < -0.39 is 18.0 Å². The minimum atomic E-state index is -0.675. The Kier molecular flexibility index (Phi) is 6.30. The molecule has 2 aromatic rings. The van der Waals surface area contributed by atoms with Crippen molar-refractivity contribution in [1.82, 2.24) is 4.90 Å². The van der Waals surface area contributed by atoms with E-state index in [0.29, 0.717) is 23.4 Å². The summed E-state index contributed by atoms with van der Waals surface area (Å²) in [5, 5.41) is 2.78. The summed E-state index contributed by atoms with van der Waals surface area (Å²) in [6, 6.07) is 14.1. The van der Waals surface area contributed by atoms with Crippen molar-refractivity contribution in [3.63, 3.8) is 0 Å². The summed E-state index contributed by atoms with van der Waals surface area (Å²) < 4.78 is 0. The van der Waals surface area contributed by atoms with Crippen LogP contribution in [0.25, 0.3) is 0 Å². The van der Waals surface area contributed by atoms with Crippen LogP contribution in [0.15, 0.2) is 54.6 Å². The monoisotopic (exact) mass is 407 g/mol. The van der Waals surface area contributed by atoms with Gasteiger partial charge in [0, 0.05) is 23.4 Å². The van der Waals surface area contributed by atoms with Crippen molar-refractivity contribution >= 4 is 35.0 Å². The lowest BCUT2D eigenvalue weighted by atomic mass is 10.1. The van der Waals surface area contributed by atoms with E-state index in [-0.39, 0.29) is 24.2 Å². The highest BCUT2D eigenvalue weighted by atomic mass is 16.2. The number of nitrogens with one attached hydrogen (secondary N) is 1. The molecule has 4 amide bonds. The summed E-state index contributed by atoms with van der Waals surface area (Å²) in [5.74, 6) is -0.597. The molecule has 2 aromatic carbocycles. The Bertz CT molecular complexity index is 954. The maximum Gasteiger partial charge on any atom is 0.332 e. The predicted molar refractivity (Wildman–Crippen MR) is 114 cm³/mol. The maximum absolute atomic E-state index is 12.8. The van der Waals surface area contributed by atoms with Crippen molar-refractivity contribution in [1.29, 1.82) is 0 Å². The average Bonchev–Trinajstić information content (AvgIpc) is 2.91. The van der Waals surface area contributed by atoms with Crippen LogP contribution in [-0.4, -0.2) is 41.1 Å². The molecule has 0 bridgehead atoms. The van der Waals surface area contributed by atoms with E-state index in [0.717, 1.165) is 4.90 Å². The largest absolute Gasteiger partial charge is 0.332 e. The van der Waals surface area contributed by atoms with E-state index in [1.54, 1.807) is 55.5 Å². The molecule has 7 nitrogen and oxygen atoms in total. The number of carbonyl (C=O) groups is 4. The standard InChI is InChI=1S/C23H25N3O4/c1-15(2)13-21(28)24-18-11-9-17(10-12-18)20(27)14-25-22(29)16(3)26(23(25)30)19-7-5-4-6-8-19/h4-12,15-16H,13-14H2,1-3H3,(H,24,28). The highest BCUT2D eigenvalue weighted by Crippen LogP contribution is 2.25. The first-order valence-electron chi connectivity index (χ1n) is 9.90. The Labute approximate surface area is 175 Å². The van der Waals surface area contributed by atoms with Gasteiger partial charge in [-0.05, 0) is 49.2 Å². The van der Waals surface area contributed by atoms with Crippen LogP contribution in [0.5, 0.6) is 0 Å². The molecule has 7 heteroatoms. The van der Waals surface area contributed by atoms with Gasteiger partial charge in [-0.2, -0.15) is 0 Å². The minimum absolute atomic E-state index is 0.0904. The number of Topliss-reactive ketones (excluding diaryl/α,β-unsaturated/α-hetero) is 1. The number of anilines is 2. The molecule has 1 atom stereocenters. The van der Waals surface area contributed by atoms with Crippen molar-refractivity contribution in [3.05, 3.63) is 60.2 Å². The van der Waals surface area contributed by atoms with Crippen LogP contribution in [0.1, 0.15) is 37.6 Å². The SMILES string of the molecule is CC(C)CC(=O)Nc1ccc(C(=O)CN2C(=O)C(C)N(c3ccccc3)C2=O)cc1. The summed E-state index contributed by atoms with van der Waals surface area (Å²) in [5.41, 5.74) is 1.57. The fraction of sp³-hybridized carbons (Fsp3) is 0.304. The van der Waals surface area contributed by atoms with E-state index in [1.807, 2.05) is 19.9 Å². The number of carbonyl (C=O) groups excluding carboxylic acids is 4. The van der Waals surface area contributed by atoms with Gasteiger partial charge in [-0.3, -0.25) is 24.2 Å². The van der Waals surface area contributed by atoms with Gasteiger partial charge in [0.25, 0.3) is 5.91 Å². The van der Waals surface area contributed by atoms with Crippen molar-refractivity contribution < 1.29 is 19.2 Å². The number of para-hydroxylation sites is 1. The Morgan fingerprint density at radius 3 is 2.23 bits per heavy atom. The summed E-state index contributed by atoms with van der Waals surface area (Å²) in [7, 11) is 0. The molecule has 3 rings (SSSR count). The number of nitrogens with zero attached hydrogens (tertiary/aromatic N) is 2. The molecule has 1 saturated heterocycles. The Morgan fingerprint density at radius 1 is 1.00 bits per heavy atom. The maximum atomic E-state index is 12.8. The average molecular weight is 407 g/mol. The molecule has 1 N–H and O–H groups in total. The normalized spacial score (nSPS) is 16.3. The number of benzene rings is 2. The van der Waals surface area contributed by atoms with E-state index in [4.69, 9.17) is 0 Å². The molecule has 1 aliphatic heterocycles. The van der Waals surface area contributed by atoms with E-state index in [1.165, 1.54) is 4.90 Å². The Hall–Kier alpha value is -3.48. The zero-order chi connectivity index (χ0) is 21.8. The third kappa shape index (κ3) is 4.56. The van der Waals surface area contributed by atoms with Gasteiger partial charge in [0.2, 0.25) is 5.91 Å². The number of hydrogen-bond acceptors (Lipinski definition) is 4. The quantitative estimate of drug-likeness (QED) is 0.560. The second-order valence-electron chi connectivity index (χ2n) is 7.74. The summed E-state index contributed by atoms with van der Waals surface area (Å²) in [6.45, 7) is 5.24. The molecule has 1 fully saturated rings.